The van der Waals surface area contributed by atoms with Gasteiger partial charge in [-0.2, -0.15) is 0 Å². The van der Waals surface area contributed by atoms with Crippen LogP contribution in [0.25, 0.3) is 0 Å². The van der Waals surface area contributed by atoms with Crippen LogP contribution in [0.15, 0.2) is 14.6 Å². The number of nitrogens with one attached hydrogen (secondary N) is 1. The molecule has 0 amide bonds. The van der Waals surface area contributed by atoms with Gasteiger partial charge in [0, 0.05) is 33.3 Å². The highest BCUT2D eigenvalue weighted by atomic mass is 16.5. The number of rotatable bonds is 7. The van der Waals surface area contributed by atoms with Crippen molar-refractivity contribution in [3.8, 4) is 0 Å². The molecule has 2 rings (SSSR count). The predicted molar refractivity (Wildman–Crippen MR) is 108 cm³/mol. The summed E-state index contributed by atoms with van der Waals surface area (Å²) in [5, 5.41) is 3.36. The molecule has 8 heteroatoms. The molecule has 0 atom stereocenters. The van der Waals surface area contributed by atoms with Gasteiger partial charge in [0.1, 0.15) is 11.7 Å². The van der Waals surface area contributed by atoms with E-state index in [1.54, 1.807) is 14.0 Å². The van der Waals surface area contributed by atoms with Crippen molar-refractivity contribution in [2.75, 3.05) is 39.4 Å². The number of hydrogen-bond acceptors (Lipinski definition) is 5. The lowest BCUT2D eigenvalue weighted by Crippen LogP contribution is -2.41. The molecule has 0 bridgehead atoms. The molecule has 1 aromatic heterocycles. The van der Waals surface area contributed by atoms with Gasteiger partial charge in [-0.3, -0.25) is 13.9 Å². The van der Waals surface area contributed by atoms with Gasteiger partial charge in [-0.1, -0.05) is 13.3 Å². The molecule has 0 radical (unpaired) electrons. The Kier molecular flexibility index (Phi) is 8.24. The highest BCUT2D eigenvalue weighted by Crippen LogP contribution is 2.13. The first-order valence-corrected chi connectivity index (χ1v) is 9.86. The number of aliphatic imine (C=N–C) groups is 1. The number of hydrogen-bond donors (Lipinski definition) is 1. The molecule has 2 heterocycles. The minimum Gasteiger partial charge on any atom is -0.380 e. The van der Waals surface area contributed by atoms with E-state index in [1.807, 2.05) is 6.92 Å². The molecule has 0 aromatic carbocycles. The Hall–Kier alpha value is -1.93. The monoisotopic (exact) mass is 379 g/mol. The van der Waals surface area contributed by atoms with Crippen molar-refractivity contribution in [2.45, 2.75) is 46.6 Å². The average Bonchev–Trinajstić information content (AvgIpc) is 2.95. The van der Waals surface area contributed by atoms with E-state index < -0.39 is 0 Å². The van der Waals surface area contributed by atoms with Crippen LogP contribution in [0.3, 0.4) is 0 Å². The maximum absolute atomic E-state index is 12.7. The van der Waals surface area contributed by atoms with Crippen LogP contribution >= 0.6 is 0 Å². The van der Waals surface area contributed by atoms with Gasteiger partial charge in [-0.15, -0.1) is 0 Å². The Morgan fingerprint density at radius 1 is 1.22 bits per heavy atom. The highest BCUT2D eigenvalue weighted by Gasteiger charge is 2.16. The number of aromatic nitrogens is 2. The van der Waals surface area contributed by atoms with Crippen LogP contribution in [0.1, 0.15) is 38.7 Å². The van der Waals surface area contributed by atoms with Crippen molar-refractivity contribution in [2.24, 2.45) is 12.0 Å². The summed E-state index contributed by atoms with van der Waals surface area (Å²) in [5.74, 6) is 1.26. The molecule has 1 aliphatic heterocycles. The normalized spacial score (nSPS) is 15.9. The predicted octanol–water partition coefficient (Wildman–Crippen LogP) is 1.02. The standard InChI is InChI=1S/C19H33N5O3/c1-5-6-13-27-14-12-24-18(25)15(2)17(22(4)19(24)26)21-16(3)23-10-7-8-20-9-11-23/h20H,5-14H2,1-4H3/b21-16+. The number of unbranched alkanes of at least 4 members (excludes halogenated alkanes) is 1. The fourth-order valence-electron chi connectivity index (χ4n) is 3.16. The third-order valence-electron chi connectivity index (χ3n) is 4.90. The van der Waals surface area contributed by atoms with Crippen LogP contribution < -0.4 is 16.6 Å². The quantitative estimate of drug-likeness (QED) is 0.435. The second-order valence-electron chi connectivity index (χ2n) is 6.96. The zero-order chi connectivity index (χ0) is 19.8. The Morgan fingerprint density at radius 3 is 2.74 bits per heavy atom. The third-order valence-corrected chi connectivity index (χ3v) is 4.90. The summed E-state index contributed by atoms with van der Waals surface area (Å²) in [4.78, 5) is 32.2. The smallest absolute Gasteiger partial charge is 0.332 e. The Bertz CT molecular complexity index is 721. The van der Waals surface area contributed by atoms with Crippen LogP contribution in [0.5, 0.6) is 0 Å². The molecule has 0 unspecified atom stereocenters. The van der Waals surface area contributed by atoms with Crippen LogP contribution in [-0.2, 0) is 18.3 Å². The molecular formula is C19H33N5O3. The summed E-state index contributed by atoms with van der Waals surface area (Å²) in [6.45, 7) is 10.7. The van der Waals surface area contributed by atoms with Gasteiger partial charge in [-0.25, -0.2) is 9.79 Å². The van der Waals surface area contributed by atoms with E-state index in [1.165, 1.54) is 9.13 Å². The molecule has 27 heavy (non-hydrogen) atoms. The van der Waals surface area contributed by atoms with Crippen molar-refractivity contribution >= 4 is 11.7 Å². The van der Waals surface area contributed by atoms with Crippen molar-refractivity contribution in [3.05, 3.63) is 26.4 Å². The van der Waals surface area contributed by atoms with Gasteiger partial charge < -0.3 is 15.0 Å². The van der Waals surface area contributed by atoms with Crippen LogP contribution in [0.2, 0.25) is 0 Å². The summed E-state index contributed by atoms with van der Waals surface area (Å²) in [6.07, 6.45) is 3.08. The molecule has 1 aliphatic rings. The Balaban J connectivity index is 2.24. The minimum atomic E-state index is -0.353. The maximum Gasteiger partial charge on any atom is 0.332 e. The molecular weight excluding hydrogens is 346 g/mol. The lowest BCUT2D eigenvalue weighted by molar-refractivity contribution is 0.121. The maximum atomic E-state index is 12.7. The first-order valence-electron chi connectivity index (χ1n) is 9.86. The topological polar surface area (TPSA) is 80.9 Å². The van der Waals surface area contributed by atoms with Gasteiger partial charge in [0.05, 0.1) is 18.7 Å². The van der Waals surface area contributed by atoms with Gasteiger partial charge in [0.15, 0.2) is 0 Å². The minimum absolute atomic E-state index is 0.261. The van der Waals surface area contributed by atoms with E-state index in [0.717, 1.165) is 51.3 Å². The zero-order valence-electron chi connectivity index (χ0n) is 17.1. The molecule has 0 aliphatic carbocycles. The molecule has 0 saturated carbocycles. The van der Waals surface area contributed by atoms with Crippen LogP contribution in [0, 0.1) is 6.92 Å². The summed E-state index contributed by atoms with van der Waals surface area (Å²) in [6, 6.07) is 0. The fourth-order valence-corrected chi connectivity index (χ4v) is 3.16. The van der Waals surface area contributed by atoms with Crippen molar-refractivity contribution in [1.29, 1.82) is 0 Å². The molecule has 8 nitrogen and oxygen atoms in total. The third kappa shape index (κ3) is 5.52. The lowest BCUT2D eigenvalue weighted by Gasteiger charge is -2.22. The first kappa shape index (κ1) is 21.4. The van der Waals surface area contributed by atoms with Crippen LogP contribution in [-0.4, -0.2) is 59.3 Å². The zero-order valence-corrected chi connectivity index (χ0v) is 17.1. The Morgan fingerprint density at radius 2 is 2.00 bits per heavy atom. The molecule has 1 fully saturated rings. The molecule has 1 N–H and O–H groups in total. The molecule has 0 spiro atoms. The second-order valence-corrected chi connectivity index (χ2v) is 6.96. The number of amidine groups is 1. The van der Waals surface area contributed by atoms with Crippen molar-refractivity contribution in [3.63, 3.8) is 0 Å². The van der Waals surface area contributed by atoms with Gasteiger partial charge in [-0.05, 0) is 33.2 Å². The van der Waals surface area contributed by atoms with E-state index in [0.29, 0.717) is 24.6 Å². The van der Waals surface area contributed by atoms with E-state index in [2.05, 4.69) is 22.1 Å². The molecule has 1 aromatic rings. The lowest BCUT2D eigenvalue weighted by atomic mass is 10.3. The first-order chi connectivity index (χ1) is 13.0. The van der Waals surface area contributed by atoms with Gasteiger partial charge in [0.25, 0.3) is 5.56 Å². The van der Waals surface area contributed by atoms with E-state index >= 15 is 0 Å². The average molecular weight is 380 g/mol. The van der Waals surface area contributed by atoms with E-state index in [-0.39, 0.29) is 17.8 Å². The van der Waals surface area contributed by atoms with Gasteiger partial charge in [0.2, 0.25) is 0 Å². The van der Waals surface area contributed by atoms with E-state index in [4.69, 9.17) is 4.74 Å². The second kappa shape index (κ2) is 10.4. The fraction of sp³-hybridized carbons (Fsp3) is 0.737. The van der Waals surface area contributed by atoms with Crippen molar-refractivity contribution < 1.29 is 4.74 Å². The largest absolute Gasteiger partial charge is 0.380 e. The number of nitrogens with zero attached hydrogens (tertiary/aromatic N) is 4. The van der Waals surface area contributed by atoms with E-state index in [9.17, 15) is 9.59 Å². The van der Waals surface area contributed by atoms with Gasteiger partial charge >= 0.3 is 5.69 Å². The highest BCUT2D eigenvalue weighted by molar-refractivity contribution is 5.82. The van der Waals surface area contributed by atoms with Crippen LogP contribution in [0.4, 0.5) is 5.82 Å². The Labute approximate surface area is 160 Å². The summed E-state index contributed by atoms with van der Waals surface area (Å²) in [7, 11) is 1.67. The summed E-state index contributed by atoms with van der Waals surface area (Å²) >= 11 is 0. The SMILES string of the molecule is CCCCOCCn1c(=O)c(C)c(/N=C(\C)N2CCCNCC2)n(C)c1=O. The number of ether oxygens (including phenoxy) is 1. The summed E-state index contributed by atoms with van der Waals surface area (Å²) in [5.41, 5.74) is -0.159. The molecule has 1 saturated heterocycles. The molecule has 152 valence electrons. The summed E-state index contributed by atoms with van der Waals surface area (Å²) < 4.78 is 8.21. The van der Waals surface area contributed by atoms with Crippen molar-refractivity contribution in [1.82, 2.24) is 19.4 Å².